The minimum atomic E-state index is -1.52. The summed E-state index contributed by atoms with van der Waals surface area (Å²) < 4.78 is 0. The number of phenolic OH excluding ortho intramolecular Hbond substituents is 1. The monoisotopic (exact) mass is 1170 g/mol. The number of primary amides is 2. The van der Waals surface area contributed by atoms with Gasteiger partial charge in [-0.1, -0.05) is 111 Å². The molecule has 456 valence electrons. The first kappa shape index (κ1) is 66.2. The van der Waals surface area contributed by atoms with Crippen LogP contribution in [-0.2, 0) is 75.4 Å². The zero-order chi connectivity index (χ0) is 62.2. The van der Waals surface area contributed by atoms with Gasteiger partial charge in [-0.25, -0.2) is 0 Å². The van der Waals surface area contributed by atoms with E-state index in [4.69, 9.17) is 40.1 Å². The maximum Gasteiger partial charge on any atom is 0.246 e. The van der Waals surface area contributed by atoms with Crippen LogP contribution in [0.25, 0.3) is 0 Å². The van der Waals surface area contributed by atoms with Gasteiger partial charge in [0.2, 0.25) is 53.2 Å². The average Bonchev–Trinajstić information content (AvgIpc) is 3.65. The molecule has 0 saturated heterocycles. The molecule has 26 heteroatoms. The molecule has 1 heterocycles. The fourth-order valence-corrected chi connectivity index (χ4v) is 9.58. The van der Waals surface area contributed by atoms with Gasteiger partial charge in [-0.2, -0.15) is 0 Å². The summed E-state index contributed by atoms with van der Waals surface area (Å²) in [6, 6.07) is 20.4. The van der Waals surface area contributed by atoms with Crippen molar-refractivity contribution in [2.75, 3.05) is 13.1 Å². The van der Waals surface area contributed by atoms with Crippen LogP contribution < -0.4 is 72.0 Å². The second-order valence-electron chi connectivity index (χ2n) is 21.3. The van der Waals surface area contributed by atoms with Crippen molar-refractivity contribution in [3.8, 4) is 5.75 Å². The van der Waals surface area contributed by atoms with Crippen molar-refractivity contribution in [2.24, 2.45) is 56.0 Å². The summed E-state index contributed by atoms with van der Waals surface area (Å²) >= 11 is 0. The maximum atomic E-state index is 15.3. The number of benzene rings is 4. The summed E-state index contributed by atoms with van der Waals surface area (Å²) in [6.45, 7) is 3.62. The molecule has 1 aliphatic rings. The van der Waals surface area contributed by atoms with Crippen molar-refractivity contribution >= 4 is 65.1 Å². The fourth-order valence-electron chi connectivity index (χ4n) is 9.58. The Hall–Kier alpha value is -9.59. The van der Waals surface area contributed by atoms with E-state index in [1.165, 1.54) is 17.0 Å². The van der Waals surface area contributed by atoms with Crippen LogP contribution in [0.2, 0.25) is 0 Å². The Balaban J connectivity index is 1.46. The summed E-state index contributed by atoms with van der Waals surface area (Å²) in [6.07, 6.45) is -0.447. The minimum Gasteiger partial charge on any atom is -0.508 e. The van der Waals surface area contributed by atoms with E-state index in [9.17, 15) is 38.7 Å². The first-order valence-electron chi connectivity index (χ1n) is 28.0. The van der Waals surface area contributed by atoms with E-state index >= 15 is 9.59 Å². The van der Waals surface area contributed by atoms with Gasteiger partial charge in [0.25, 0.3) is 0 Å². The number of hydrogen-bond donors (Lipinski definition) is 14. The van der Waals surface area contributed by atoms with Crippen molar-refractivity contribution < 1.29 is 48.3 Å². The van der Waals surface area contributed by atoms with Gasteiger partial charge in [0.1, 0.15) is 48.0 Å². The molecular weight excluding hydrogens is 1090 g/mol. The van der Waals surface area contributed by atoms with Crippen molar-refractivity contribution in [3.05, 3.63) is 137 Å². The van der Waals surface area contributed by atoms with Crippen LogP contribution in [0, 0.1) is 5.92 Å². The molecule has 85 heavy (non-hydrogen) atoms. The van der Waals surface area contributed by atoms with Gasteiger partial charge in [-0.15, -0.1) is 0 Å². The molecular formula is C59H80N16O10. The van der Waals surface area contributed by atoms with Crippen LogP contribution in [0.1, 0.15) is 80.2 Å². The third kappa shape index (κ3) is 21.9. The SMILES string of the molecule is CC(C)C[C@H](NC(=O)[C@H](Cc1ccccc1)NC(=O)[C@@H](N)Cc1ccc(O)cc1)C(=O)N[C@@H](Cc1ccccc1)C(=O)N[C@@H](CCCN=C(N)N)C(=O)N1Cc2ccccc2C[C@H]1C(=O)N[C@@H](CCCN=C(N)N)C(=O)N[C@@H](CC(N)=O)C(N)=O. The van der Waals surface area contributed by atoms with Gasteiger partial charge in [-0.3, -0.25) is 53.1 Å². The fraction of sp³-hybridized carbons (Fsp3) is 0.407. The molecule has 0 fully saturated rings. The Morgan fingerprint density at radius 3 is 1.49 bits per heavy atom. The number of phenols is 1. The number of carbonyl (C=O) groups is 9. The molecule has 4 aromatic rings. The quantitative estimate of drug-likeness (QED) is 0.0145. The predicted octanol–water partition coefficient (Wildman–Crippen LogP) is -1.88. The van der Waals surface area contributed by atoms with E-state index in [1.54, 1.807) is 97.1 Å². The molecule has 8 atom stereocenters. The number of aliphatic imine (C=N–C) groups is 2. The number of amides is 9. The number of rotatable bonds is 32. The lowest BCUT2D eigenvalue weighted by Gasteiger charge is -2.39. The molecule has 4 aromatic carbocycles. The van der Waals surface area contributed by atoms with Crippen LogP contribution in [0.5, 0.6) is 5.75 Å². The van der Waals surface area contributed by atoms with E-state index in [2.05, 4.69) is 41.9 Å². The van der Waals surface area contributed by atoms with Crippen molar-refractivity contribution in [1.29, 1.82) is 0 Å². The van der Waals surface area contributed by atoms with Crippen LogP contribution >= 0.6 is 0 Å². The molecule has 26 nitrogen and oxygen atoms in total. The molecule has 0 radical (unpaired) electrons. The molecule has 0 saturated carbocycles. The molecule has 0 spiro atoms. The summed E-state index contributed by atoms with van der Waals surface area (Å²) in [4.78, 5) is 135. The van der Waals surface area contributed by atoms with E-state index < -0.39 is 108 Å². The van der Waals surface area contributed by atoms with Crippen molar-refractivity contribution in [1.82, 2.24) is 36.8 Å². The highest BCUT2D eigenvalue weighted by Crippen LogP contribution is 2.26. The summed E-state index contributed by atoms with van der Waals surface area (Å²) in [5.41, 5.74) is 42.9. The second kappa shape index (κ2) is 32.9. The van der Waals surface area contributed by atoms with Crippen LogP contribution in [0.15, 0.2) is 119 Å². The molecule has 5 rings (SSSR count). The predicted molar refractivity (Wildman–Crippen MR) is 318 cm³/mol. The number of fused-ring (bicyclic) bond motifs is 1. The number of guanidine groups is 2. The molecule has 1 aliphatic heterocycles. The lowest BCUT2D eigenvalue weighted by Crippen LogP contribution is -2.62. The van der Waals surface area contributed by atoms with Gasteiger partial charge in [0.05, 0.1) is 12.5 Å². The molecule has 9 amide bonds. The van der Waals surface area contributed by atoms with Gasteiger partial charge in [0, 0.05) is 38.9 Å². The third-order valence-electron chi connectivity index (χ3n) is 13.9. The number of nitrogens with two attached hydrogens (primary N) is 7. The number of nitrogens with one attached hydrogen (secondary N) is 6. The smallest absolute Gasteiger partial charge is 0.246 e. The van der Waals surface area contributed by atoms with E-state index in [0.717, 1.165) is 0 Å². The van der Waals surface area contributed by atoms with Gasteiger partial charge in [-0.05, 0) is 84.4 Å². The van der Waals surface area contributed by atoms with E-state index in [1.807, 2.05) is 13.8 Å². The minimum absolute atomic E-state index is 0.0233. The Kier molecular flexibility index (Phi) is 25.6. The number of aromatic hydroxyl groups is 1. The first-order chi connectivity index (χ1) is 40.5. The average molecular weight is 1170 g/mol. The van der Waals surface area contributed by atoms with Crippen LogP contribution in [0.4, 0.5) is 0 Å². The first-order valence-corrected chi connectivity index (χ1v) is 28.0. The van der Waals surface area contributed by atoms with Crippen LogP contribution in [0.3, 0.4) is 0 Å². The largest absolute Gasteiger partial charge is 0.508 e. The number of carbonyl (C=O) groups excluding carboxylic acids is 9. The molecule has 21 N–H and O–H groups in total. The zero-order valence-electron chi connectivity index (χ0n) is 47.8. The normalized spacial score (nSPS) is 15.1. The zero-order valence-corrected chi connectivity index (χ0v) is 47.8. The summed E-state index contributed by atoms with van der Waals surface area (Å²) in [5.74, 6) is -7.90. The summed E-state index contributed by atoms with van der Waals surface area (Å²) in [7, 11) is 0. The Morgan fingerprint density at radius 1 is 0.529 bits per heavy atom. The van der Waals surface area contributed by atoms with Gasteiger partial charge >= 0.3 is 0 Å². The van der Waals surface area contributed by atoms with E-state index in [0.29, 0.717) is 27.8 Å². The summed E-state index contributed by atoms with van der Waals surface area (Å²) in [5, 5.41) is 26.1. The van der Waals surface area contributed by atoms with Gasteiger partial charge < -0.3 is 82.0 Å². The highest BCUT2D eigenvalue weighted by molar-refractivity contribution is 5.98. The van der Waals surface area contributed by atoms with E-state index in [-0.39, 0.29) is 101 Å². The lowest BCUT2D eigenvalue weighted by atomic mass is 9.92. The van der Waals surface area contributed by atoms with Crippen molar-refractivity contribution in [3.63, 3.8) is 0 Å². The third-order valence-corrected chi connectivity index (χ3v) is 13.9. The molecule has 0 unspecified atom stereocenters. The highest BCUT2D eigenvalue weighted by atomic mass is 16.3. The molecule has 0 aliphatic carbocycles. The standard InChI is InChI=1S/C59H80N16O10/c1-34(2)27-45(73-55(83)46(29-35-13-5-3-6-14-35)72-51(79)41(60)28-37-21-23-40(76)24-22-37)53(81)74-47(30-36-15-7-4-8-16-36)54(82)70-43(20-12-26-68-59(65)66)57(85)75-33-39-18-10-9-17-38(39)31-48(75)56(84)69-42(19-11-25-67-58(63)64)52(80)71-44(50(62)78)32-49(61)77/h3-10,13-18,21-24,34,41-48,76H,11-12,19-20,25-33,60H2,1-2H3,(H2,61,77)(H2,62,78)(H,69,84)(H,70,82)(H,71,80)(H,72,79)(H,73,83)(H,74,81)(H4,63,64,67)(H4,65,66,68)/t41-,42-,43-,44-,45-,46-,47-,48-/m0/s1. The lowest BCUT2D eigenvalue weighted by molar-refractivity contribution is -0.145. The number of hydrogen-bond acceptors (Lipinski definition) is 13. The Bertz CT molecular complexity index is 2990. The topological polar surface area (TPSA) is 456 Å². The van der Waals surface area contributed by atoms with Gasteiger partial charge in [0.15, 0.2) is 11.9 Å². The molecule has 0 bridgehead atoms. The second-order valence-corrected chi connectivity index (χ2v) is 21.3. The highest BCUT2D eigenvalue weighted by Gasteiger charge is 2.41. The Morgan fingerprint density at radius 2 is 0.976 bits per heavy atom. The van der Waals surface area contributed by atoms with Crippen molar-refractivity contribution in [2.45, 2.75) is 133 Å². The maximum absolute atomic E-state index is 15.3. The Labute approximate surface area is 493 Å². The van der Waals surface area contributed by atoms with Crippen LogP contribution in [-0.4, -0.2) is 137 Å². The molecule has 0 aromatic heterocycles. The number of nitrogens with zero attached hydrogens (tertiary/aromatic N) is 3.